The van der Waals surface area contributed by atoms with Crippen molar-refractivity contribution in [3.05, 3.63) is 0 Å². The van der Waals surface area contributed by atoms with Crippen molar-refractivity contribution in [1.82, 2.24) is 0 Å². The molecule has 0 radical (unpaired) electrons. The number of esters is 1. The average molecular weight is 210 g/mol. The fourth-order valence-corrected chi connectivity index (χ4v) is 1.31. The Morgan fingerprint density at radius 3 is 2.53 bits per heavy atom. The van der Waals surface area contributed by atoms with Crippen molar-refractivity contribution < 1.29 is 14.3 Å². The Kier molecular flexibility index (Phi) is 7.35. The SMILES string of the molecule is C#CCCCCC(C(C)=O)C(=O)OCC. The summed E-state index contributed by atoms with van der Waals surface area (Å²) < 4.78 is 4.82. The van der Waals surface area contributed by atoms with Gasteiger partial charge in [0.05, 0.1) is 6.61 Å². The van der Waals surface area contributed by atoms with Crippen LogP contribution in [0.5, 0.6) is 0 Å². The predicted molar refractivity (Wildman–Crippen MR) is 58.1 cm³/mol. The molecule has 0 fully saturated rings. The van der Waals surface area contributed by atoms with Gasteiger partial charge in [-0.1, -0.05) is 6.42 Å². The summed E-state index contributed by atoms with van der Waals surface area (Å²) in [6.07, 6.45) is 7.96. The molecule has 0 heterocycles. The highest BCUT2D eigenvalue weighted by atomic mass is 16.5. The van der Waals surface area contributed by atoms with Gasteiger partial charge in [-0.05, 0) is 26.7 Å². The highest BCUT2D eigenvalue weighted by Gasteiger charge is 2.23. The van der Waals surface area contributed by atoms with Crippen LogP contribution in [0.15, 0.2) is 0 Å². The van der Waals surface area contributed by atoms with Gasteiger partial charge in [-0.15, -0.1) is 12.3 Å². The molecule has 0 saturated carbocycles. The number of ketones is 1. The molecule has 1 unspecified atom stereocenters. The molecule has 1 atom stereocenters. The lowest BCUT2D eigenvalue weighted by molar-refractivity contribution is -0.151. The molecule has 3 nitrogen and oxygen atoms in total. The molecule has 0 bridgehead atoms. The third-order valence-corrected chi connectivity index (χ3v) is 2.13. The number of hydrogen-bond acceptors (Lipinski definition) is 3. The van der Waals surface area contributed by atoms with Gasteiger partial charge >= 0.3 is 5.97 Å². The normalized spacial score (nSPS) is 11.5. The van der Waals surface area contributed by atoms with E-state index in [0.717, 1.165) is 12.8 Å². The zero-order valence-corrected chi connectivity index (χ0v) is 9.41. The van der Waals surface area contributed by atoms with Crippen molar-refractivity contribution in [2.45, 2.75) is 39.5 Å². The van der Waals surface area contributed by atoms with E-state index in [0.29, 0.717) is 19.4 Å². The molecular weight excluding hydrogens is 192 g/mol. The van der Waals surface area contributed by atoms with Crippen molar-refractivity contribution in [2.75, 3.05) is 6.61 Å². The van der Waals surface area contributed by atoms with Crippen molar-refractivity contribution >= 4 is 11.8 Å². The first kappa shape index (κ1) is 13.7. The smallest absolute Gasteiger partial charge is 0.316 e. The maximum atomic E-state index is 11.4. The van der Waals surface area contributed by atoms with Gasteiger partial charge in [0.2, 0.25) is 0 Å². The fraction of sp³-hybridized carbons (Fsp3) is 0.667. The van der Waals surface area contributed by atoms with Gasteiger partial charge in [0.1, 0.15) is 11.7 Å². The van der Waals surface area contributed by atoms with Crippen LogP contribution in [0.3, 0.4) is 0 Å². The molecule has 0 rings (SSSR count). The first-order valence-corrected chi connectivity index (χ1v) is 5.24. The predicted octanol–water partition coefficient (Wildman–Crippen LogP) is 1.95. The summed E-state index contributed by atoms with van der Waals surface area (Å²) in [5.41, 5.74) is 0. The number of carbonyl (C=O) groups is 2. The molecule has 0 saturated heterocycles. The summed E-state index contributed by atoms with van der Waals surface area (Å²) in [7, 11) is 0. The maximum absolute atomic E-state index is 11.4. The lowest BCUT2D eigenvalue weighted by Gasteiger charge is -2.11. The van der Waals surface area contributed by atoms with E-state index < -0.39 is 11.9 Å². The molecule has 3 heteroatoms. The Labute approximate surface area is 91.2 Å². The molecule has 0 amide bonds. The molecular formula is C12H18O3. The summed E-state index contributed by atoms with van der Waals surface area (Å²) in [6.45, 7) is 3.46. The van der Waals surface area contributed by atoms with Gasteiger partial charge in [-0.2, -0.15) is 0 Å². The topological polar surface area (TPSA) is 43.4 Å². The second-order valence-corrected chi connectivity index (χ2v) is 3.37. The van der Waals surface area contributed by atoms with Crippen LogP contribution in [0.2, 0.25) is 0 Å². The minimum Gasteiger partial charge on any atom is -0.465 e. The molecule has 84 valence electrons. The van der Waals surface area contributed by atoms with E-state index >= 15 is 0 Å². The number of carbonyl (C=O) groups excluding carboxylic acids is 2. The molecule has 0 aromatic carbocycles. The van der Waals surface area contributed by atoms with Crippen molar-refractivity contribution in [2.24, 2.45) is 5.92 Å². The second kappa shape index (κ2) is 8.05. The number of hydrogen-bond donors (Lipinski definition) is 0. The van der Waals surface area contributed by atoms with E-state index in [1.54, 1.807) is 6.92 Å². The maximum Gasteiger partial charge on any atom is 0.316 e. The van der Waals surface area contributed by atoms with E-state index in [9.17, 15) is 9.59 Å². The molecule has 0 aliphatic rings. The van der Waals surface area contributed by atoms with E-state index in [4.69, 9.17) is 11.2 Å². The molecule has 0 aromatic heterocycles. The minimum atomic E-state index is -0.609. The average Bonchev–Trinajstić information content (AvgIpc) is 2.17. The van der Waals surface area contributed by atoms with Gasteiger partial charge < -0.3 is 4.74 Å². The summed E-state index contributed by atoms with van der Waals surface area (Å²) in [5, 5.41) is 0. The lowest BCUT2D eigenvalue weighted by Crippen LogP contribution is -2.24. The summed E-state index contributed by atoms with van der Waals surface area (Å²) in [4.78, 5) is 22.5. The first-order valence-electron chi connectivity index (χ1n) is 5.24. The Balaban J connectivity index is 4.00. The van der Waals surface area contributed by atoms with Crippen LogP contribution in [-0.2, 0) is 14.3 Å². The largest absolute Gasteiger partial charge is 0.465 e. The Bertz CT molecular complexity index is 250. The summed E-state index contributed by atoms with van der Waals surface area (Å²) in [5.74, 6) is 1.37. The second-order valence-electron chi connectivity index (χ2n) is 3.37. The fourth-order valence-electron chi connectivity index (χ4n) is 1.31. The van der Waals surface area contributed by atoms with E-state index in [-0.39, 0.29) is 5.78 Å². The molecule has 0 aliphatic carbocycles. The standard InChI is InChI=1S/C12H18O3/c1-4-6-7-8-9-11(10(3)13)12(14)15-5-2/h1,11H,5-9H2,2-3H3. The minimum absolute atomic E-state index is 0.130. The first-order chi connectivity index (χ1) is 7.13. The van der Waals surface area contributed by atoms with Crippen LogP contribution in [-0.4, -0.2) is 18.4 Å². The van der Waals surface area contributed by atoms with Gasteiger partial charge in [0.25, 0.3) is 0 Å². The van der Waals surface area contributed by atoms with Crippen LogP contribution in [0, 0.1) is 18.3 Å². The van der Waals surface area contributed by atoms with Crippen LogP contribution in [0.4, 0.5) is 0 Å². The monoisotopic (exact) mass is 210 g/mol. The third-order valence-electron chi connectivity index (χ3n) is 2.13. The van der Waals surface area contributed by atoms with Crippen LogP contribution in [0.1, 0.15) is 39.5 Å². The number of rotatable bonds is 7. The van der Waals surface area contributed by atoms with Gasteiger partial charge in [0, 0.05) is 6.42 Å². The van der Waals surface area contributed by atoms with Crippen LogP contribution >= 0.6 is 0 Å². The molecule has 0 aliphatic heterocycles. The summed E-state index contributed by atoms with van der Waals surface area (Å²) >= 11 is 0. The zero-order valence-electron chi connectivity index (χ0n) is 9.41. The van der Waals surface area contributed by atoms with Gasteiger partial charge in [-0.3, -0.25) is 9.59 Å². The third kappa shape index (κ3) is 5.90. The Morgan fingerprint density at radius 1 is 1.40 bits per heavy atom. The number of terminal acetylenes is 1. The molecule has 0 N–H and O–H groups in total. The van der Waals surface area contributed by atoms with Crippen molar-refractivity contribution in [3.8, 4) is 12.3 Å². The summed E-state index contributed by atoms with van der Waals surface area (Å²) in [6, 6.07) is 0. The molecule has 0 aromatic rings. The molecule has 0 spiro atoms. The van der Waals surface area contributed by atoms with Gasteiger partial charge in [0.15, 0.2) is 0 Å². The number of Topliss-reactive ketones (excluding diaryl/α,β-unsaturated/α-hetero) is 1. The van der Waals surface area contributed by atoms with Crippen molar-refractivity contribution in [1.29, 1.82) is 0 Å². The quantitative estimate of drug-likeness (QED) is 0.279. The lowest BCUT2D eigenvalue weighted by atomic mass is 9.98. The van der Waals surface area contributed by atoms with Crippen LogP contribution in [0.25, 0.3) is 0 Å². The number of ether oxygens (including phenoxy) is 1. The van der Waals surface area contributed by atoms with E-state index in [1.807, 2.05) is 0 Å². The highest BCUT2D eigenvalue weighted by Crippen LogP contribution is 2.12. The highest BCUT2D eigenvalue weighted by molar-refractivity contribution is 5.97. The van der Waals surface area contributed by atoms with Crippen molar-refractivity contribution in [3.63, 3.8) is 0 Å². The molecule has 15 heavy (non-hydrogen) atoms. The van der Waals surface area contributed by atoms with E-state index in [1.165, 1.54) is 6.92 Å². The van der Waals surface area contributed by atoms with Gasteiger partial charge in [-0.25, -0.2) is 0 Å². The zero-order chi connectivity index (χ0) is 11.7. The Morgan fingerprint density at radius 2 is 2.07 bits per heavy atom. The Hall–Kier alpha value is -1.30. The van der Waals surface area contributed by atoms with Crippen LogP contribution < -0.4 is 0 Å². The van der Waals surface area contributed by atoms with E-state index in [2.05, 4.69) is 5.92 Å². The number of unbranched alkanes of at least 4 members (excludes halogenated alkanes) is 2.